The Kier molecular flexibility index (Phi) is 3.07. The summed E-state index contributed by atoms with van der Waals surface area (Å²) in [6.45, 7) is 7.41. The minimum atomic E-state index is 0.0469. The van der Waals surface area contributed by atoms with E-state index in [1.54, 1.807) is 13.1 Å². The van der Waals surface area contributed by atoms with Crippen LogP contribution in [0.25, 0.3) is 10.2 Å². The molecule has 2 rings (SSSR count). The number of pyridine rings is 1. The zero-order valence-corrected chi connectivity index (χ0v) is 11.2. The van der Waals surface area contributed by atoms with E-state index in [1.165, 1.54) is 11.3 Å². The van der Waals surface area contributed by atoms with E-state index in [0.29, 0.717) is 4.88 Å². The van der Waals surface area contributed by atoms with Crippen molar-refractivity contribution in [2.24, 2.45) is 4.99 Å². The third kappa shape index (κ3) is 2.00. The zero-order chi connectivity index (χ0) is 12.6. The molecule has 17 heavy (non-hydrogen) atoms. The van der Waals surface area contributed by atoms with Crippen molar-refractivity contribution in [2.45, 2.75) is 27.7 Å². The van der Waals surface area contributed by atoms with E-state index in [2.05, 4.69) is 9.98 Å². The smallest absolute Gasteiger partial charge is 0.172 e. The molecule has 2 heterocycles. The maximum absolute atomic E-state index is 11.6. The number of ketones is 1. The van der Waals surface area contributed by atoms with Crippen LogP contribution in [0.3, 0.4) is 0 Å². The van der Waals surface area contributed by atoms with E-state index in [9.17, 15) is 4.79 Å². The fourth-order valence-electron chi connectivity index (χ4n) is 1.91. The van der Waals surface area contributed by atoms with Crippen LogP contribution in [0, 0.1) is 13.8 Å². The van der Waals surface area contributed by atoms with Gasteiger partial charge in [-0.1, -0.05) is 0 Å². The number of aryl methyl sites for hydroxylation is 2. The highest BCUT2D eigenvalue weighted by molar-refractivity contribution is 7.21. The second-order valence-electron chi connectivity index (χ2n) is 3.98. The molecular weight excluding hydrogens is 232 g/mol. The number of hydrogen-bond acceptors (Lipinski definition) is 4. The molecule has 2 aromatic heterocycles. The number of carbonyl (C=O) groups excluding carboxylic acids is 1. The fourth-order valence-corrected chi connectivity index (χ4v) is 3.05. The van der Waals surface area contributed by atoms with Gasteiger partial charge in [0.15, 0.2) is 5.78 Å². The Balaban J connectivity index is 2.90. The van der Waals surface area contributed by atoms with Crippen molar-refractivity contribution in [1.29, 1.82) is 0 Å². The third-order valence-corrected chi connectivity index (χ3v) is 3.71. The molecule has 2 aromatic rings. The molecule has 0 N–H and O–H groups in total. The molecule has 3 nitrogen and oxygen atoms in total. The van der Waals surface area contributed by atoms with Gasteiger partial charge in [0.1, 0.15) is 4.83 Å². The number of carbonyl (C=O) groups is 1. The quantitative estimate of drug-likeness (QED) is 0.597. The lowest BCUT2D eigenvalue weighted by Crippen LogP contribution is -1.87. The van der Waals surface area contributed by atoms with Crippen LogP contribution >= 0.6 is 11.3 Å². The molecule has 0 atom stereocenters. The van der Waals surface area contributed by atoms with Crippen molar-refractivity contribution in [3.8, 4) is 0 Å². The number of Topliss-reactive ketones (excluding diaryl/α,β-unsaturated/α-hetero) is 1. The molecule has 0 amide bonds. The van der Waals surface area contributed by atoms with Crippen LogP contribution < -0.4 is 0 Å². The molecule has 88 valence electrons. The normalized spacial score (nSPS) is 11.5. The van der Waals surface area contributed by atoms with Crippen LogP contribution in [0.2, 0.25) is 0 Å². The first-order chi connectivity index (χ1) is 8.04. The maximum Gasteiger partial charge on any atom is 0.172 e. The number of fused-ring (bicyclic) bond motifs is 1. The molecule has 0 saturated carbocycles. The number of aromatic nitrogens is 1. The van der Waals surface area contributed by atoms with Gasteiger partial charge in [-0.3, -0.25) is 9.79 Å². The molecule has 0 aliphatic carbocycles. The van der Waals surface area contributed by atoms with E-state index >= 15 is 0 Å². The highest BCUT2D eigenvalue weighted by atomic mass is 32.1. The molecule has 0 fully saturated rings. The second-order valence-corrected chi connectivity index (χ2v) is 4.98. The average Bonchev–Trinajstić information content (AvgIpc) is 2.57. The average molecular weight is 246 g/mol. The Morgan fingerprint density at radius 3 is 2.76 bits per heavy atom. The number of rotatable bonds is 2. The number of nitrogens with zero attached hydrogens (tertiary/aromatic N) is 2. The first-order valence-corrected chi connectivity index (χ1v) is 6.26. The maximum atomic E-state index is 11.6. The van der Waals surface area contributed by atoms with Crippen molar-refractivity contribution in [3.63, 3.8) is 0 Å². The van der Waals surface area contributed by atoms with Gasteiger partial charge in [-0.05, 0) is 32.4 Å². The number of aliphatic imine (C=N–C) groups is 1. The lowest BCUT2D eigenvalue weighted by Gasteiger charge is -1.99. The van der Waals surface area contributed by atoms with Gasteiger partial charge in [0.05, 0.1) is 10.6 Å². The Bertz CT molecular complexity index is 626. The summed E-state index contributed by atoms with van der Waals surface area (Å²) in [5.74, 6) is 0.0469. The molecule has 0 aliphatic rings. The summed E-state index contributed by atoms with van der Waals surface area (Å²) in [6.07, 6.45) is 1.72. The van der Waals surface area contributed by atoms with Crippen LogP contribution in [0.1, 0.15) is 34.8 Å². The SMILES string of the molecule is CC=Nc1c(C(C)=O)sc2nc(C)cc(C)c12. The van der Waals surface area contributed by atoms with Crippen molar-refractivity contribution in [1.82, 2.24) is 4.98 Å². The van der Waals surface area contributed by atoms with Crippen LogP contribution in [0.15, 0.2) is 11.1 Å². The zero-order valence-electron chi connectivity index (χ0n) is 10.4. The summed E-state index contributed by atoms with van der Waals surface area (Å²) in [7, 11) is 0. The third-order valence-electron chi connectivity index (χ3n) is 2.54. The van der Waals surface area contributed by atoms with Gasteiger partial charge < -0.3 is 0 Å². The lowest BCUT2D eigenvalue weighted by atomic mass is 10.1. The summed E-state index contributed by atoms with van der Waals surface area (Å²) in [6, 6.07) is 2.02. The van der Waals surface area contributed by atoms with Crippen LogP contribution in [-0.4, -0.2) is 17.0 Å². The number of thiophene rings is 1. The summed E-state index contributed by atoms with van der Waals surface area (Å²) in [5.41, 5.74) is 2.86. The fraction of sp³-hybridized carbons (Fsp3) is 0.308. The van der Waals surface area contributed by atoms with Crippen molar-refractivity contribution in [3.05, 3.63) is 22.2 Å². The molecule has 0 unspecified atom stereocenters. The topological polar surface area (TPSA) is 42.3 Å². The van der Waals surface area contributed by atoms with E-state index in [0.717, 1.165) is 27.2 Å². The van der Waals surface area contributed by atoms with Gasteiger partial charge >= 0.3 is 0 Å². The highest BCUT2D eigenvalue weighted by Gasteiger charge is 2.17. The Morgan fingerprint density at radius 1 is 1.47 bits per heavy atom. The van der Waals surface area contributed by atoms with Gasteiger partial charge in [-0.15, -0.1) is 11.3 Å². The Labute approximate surface area is 104 Å². The lowest BCUT2D eigenvalue weighted by molar-refractivity contribution is 0.102. The summed E-state index contributed by atoms with van der Waals surface area (Å²) >= 11 is 1.43. The van der Waals surface area contributed by atoms with Crippen molar-refractivity contribution < 1.29 is 4.79 Å². The van der Waals surface area contributed by atoms with Gasteiger partial charge in [-0.2, -0.15) is 0 Å². The van der Waals surface area contributed by atoms with Crippen LogP contribution in [-0.2, 0) is 0 Å². The summed E-state index contributed by atoms with van der Waals surface area (Å²) in [5, 5.41) is 1.00. The van der Waals surface area contributed by atoms with Crippen molar-refractivity contribution >= 4 is 39.2 Å². The highest BCUT2D eigenvalue weighted by Crippen LogP contribution is 2.39. The minimum Gasteiger partial charge on any atom is -0.294 e. The van der Waals surface area contributed by atoms with E-state index in [1.807, 2.05) is 26.8 Å². The monoisotopic (exact) mass is 246 g/mol. The molecule has 0 bridgehead atoms. The Hall–Kier alpha value is -1.55. The van der Waals surface area contributed by atoms with E-state index in [-0.39, 0.29) is 5.78 Å². The molecule has 4 heteroatoms. The molecule has 0 aromatic carbocycles. The van der Waals surface area contributed by atoms with Crippen molar-refractivity contribution in [2.75, 3.05) is 0 Å². The predicted molar refractivity (Wildman–Crippen MR) is 72.9 cm³/mol. The van der Waals surface area contributed by atoms with Gasteiger partial charge in [0.25, 0.3) is 0 Å². The minimum absolute atomic E-state index is 0.0469. The predicted octanol–water partition coefficient (Wildman–Crippen LogP) is 3.84. The first kappa shape index (κ1) is 11.9. The largest absolute Gasteiger partial charge is 0.294 e. The van der Waals surface area contributed by atoms with E-state index < -0.39 is 0 Å². The molecule has 0 aliphatic heterocycles. The standard InChI is InChI=1S/C13H14N2OS/c1-5-14-11-10-7(2)6-8(3)15-13(10)17-12(11)9(4)16/h5-6H,1-4H3. The second kappa shape index (κ2) is 4.37. The Morgan fingerprint density at radius 2 is 2.18 bits per heavy atom. The molecular formula is C13H14N2OS. The molecule has 0 saturated heterocycles. The van der Waals surface area contributed by atoms with Gasteiger partial charge in [0.2, 0.25) is 0 Å². The first-order valence-electron chi connectivity index (χ1n) is 5.45. The molecule has 0 spiro atoms. The van der Waals surface area contributed by atoms with Gasteiger partial charge in [0, 0.05) is 24.2 Å². The van der Waals surface area contributed by atoms with Crippen LogP contribution in [0.4, 0.5) is 5.69 Å². The number of hydrogen-bond donors (Lipinski definition) is 0. The summed E-state index contributed by atoms with van der Waals surface area (Å²) < 4.78 is 0. The van der Waals surface area contributed by atoms with Crippen LogP contribution in [0.5, 0.6) is 0 Å². The van der Waals surface area contributed by atoms with Gasteiger partial charge in [-0.25, -0.2) is 4.98 Å². The summed E-state index contributed by atoms with van der Waals surface area (Å²) in [4.78, 5) is 22.0. The molecule has 0 radical (unpaired) electrons. The van der Waals surface area contributed by atoms with E-state index in [4.69, 9.17) is 0 Å².